The van der Waals surface area contributed by atoms with Crippen molar-refractivity contribution in [3.63, 3.8) is 0 Å². The van der Waals surface area contributed by atoms with Crippen LogP contribution in [0.2, 0.25) is 0 Å². The van der Waals surface area contributed by atoms with Gasteiger partial charge in [-0.1, -0.05) is 12.1 Å². The van der Waals surface area contributed by atoms with Gasteiger partial charge in [0.2, 0.25) is 0 Å². The Labute approximate surface area is 195 Å². The van der Waals surface area contributed by atoms with Gasteiger partial charge in [-0.25, -0.2) is 4.99 Å². The zero-order chi connectivity index (χ0) is 21.1. The largest absolute Gasteiger partial charge is 0.493 e. The molecule has 0 heterocycles. The molecule has 2 aromatic rings. The molecule has 2 aromatic carbocycles. The molecule has 0 saturated carbocycles. The lowest BCUT2D eigenvalue weighted by Crippen LogP contribution is -2.30. The minimum atomic E-state index is -0.0788. The molecule has 8 heteroatoms. The van der Waals surface area contributed by atoms with E-state index in [0.717, 1.165) is 17.8 Å². The van der Waals surface area contributed by atoms with Gasteiger partial charge in [-0.15, -0.1) is 24.0 Å². The standard InChI is InChI=1S/C22H30N4O3.HI/c1-5-23-21(27)17-10-8-9-16(13-17)15-25-22(24-6-2)26-18-11-12-19(29-7-3)20(14-18)28-4;/h8-14H,5-7,15H2,1-4H3,(H,23,27)(H2,24,25,26);1H. The number of nitrogens with zero attached hydrogens (tertiary/aromatic N) is 1. The minimum absolute atomic E-state index is 0. The van der Waals surface area contributed by atoms with Crippen LogP contribution in [0.5, 0.6) is 11.5 Å². The Morgan fingerprint density at radius 3 is 2.43 bits per heavy atom. The van der Waals surface area contributed by atoms with Gasteiger partial charge >= 0.3 is 0 Å². The second kappa shape index (κ2) is 13.7. The Balaban J connectivity index is 0.00000450. The van der Waals surface area contributed by atoms with Crippen LogP contribution >= 0.6 is 24.0 Å². The number of carbonyl (C=O) groups is 1. The lowest BCUT2D eigenvalue weighted by atomic mass is 10.1. The van der Waals surface area contributed by atoms with E-state index in [1.807, 2.05) is 57.2 Å². The third kappa shape index (κ3) is 7.74. The van der Waals surface area contributed by atoms with Crippen LogP contribution in [0.15, 0.2) is 47.5 Å². The number of amides is 1. The zero-order valence-electron chi connectivity index (χ0n) is 18.0. The summed E-state index contributed by atoms with van der Waals surface area (Å²) < 4.78 is 11.0. The lowest BCUT2D eigenvalue weighted by molar-refractivity contribution is 0.0955. The number of guanidine groups is 1. The molecule has 0 bridgehead atoms. The van der Waals surface area contributed by atoms with Gasteiger partial charge in [-0.2, -0.15) is 0 Å². The van der Waals surface area contributed by atoms with E-state index in [1.54, 1.807) is 13.2 Å². The van der Waals surface area contributed by atoms with E-state index >= 15 is 0 Å². The van der Waals surface area contributed by atoms with Gasteiger partial charge in [0.05, 0.1) is 20.3 Å². The Morgan fingerprint density at radius 1 is 1.00 bits per heavy atom. The molecule has 0 saturated heterocycles. The van der Waals surface area contributed by atoms with Gasteiger partial charge in [0.1, 0.15) is 0 Å². The van der Waals surface area contributed by atoms with E-state index in [9.17, 15) is 4.79 Å². The second-order valence-electron chi connectivity index (χ2n) is 6.18. The molecule has 1 amide bonds. The van der Waals surface area contributed by atoms with Crippen molar-refractivity contribution in [3.8, 4) is 11.5 Å². The molecule has 30 heavy (non-hydrogen) atoms. The number of methoxy groups -OCH3 is 1. The molecule has 3 N–H and O–H groups in total. The maximum atomic E-state index is 12.0. The first kappa shape index (κ1) is 25.5. The molecule has 0 fully saturated rings. The first-order valence-corrected chi connectivity index (χ1v) is 9.84. The molecule has 0 atom stereocenters. The fraction of sp³-hybridized carbons (Fsp3) is 0.364. The van der Waals surface area contributed by atoms with Gasteiger partial charge in [-0.3, -0.25) is 4.79 Å². The molecule has 0 aromatic heterocycles. The second-order valence-corrected chi connectivity index (χ2v) is 6.18. The van der Waals surface area contributed by atoms with Crippen LogP contribution in [-0.2, 0) is 6.54 Å². The highest BCUT2D eigenvalue weighted by Gasteiger charge is 2.08. The third-order valence-electron chi connectivity index (χ3n) is 4.02. The normalized spacial score (nSPS) is 10.6. The van der Waals surface area contributed by atoms with E-state index < -0.39 is 0 Å². The lowest BCUT2D eigenvalue weighted by Gasteiger charge is -2.14. The van der Waals surface area contributed by atoms with Gasteiger partial charge < -0.3 is 25.4 Å². The number of nitrogens with one attached hydrogen (secondary N) is 3. The first-order chi connectivity index (χ1) is 14.1. The number of benzene rings is 2. The summed E-state index contributed by atoms with van der Waals surface area (Å²) in [5.41, 5.74) is 2.42. The van der Waals surface area contributed by atoms with E-state index in [1.165, 1.54) is 0 Å². The quantitative estimate of drug-likeness (QED) is 0.261. The summed E-state index contributed by atoms with van der Waals surface area (Å²) in [5.74, 6) is 1.92. The zero-order valence-corrected chi connectivity index (χ0v) is 20.3. The predicted octanol–water partition coefficient (Wildman–Crippen LogP) is 4.04. The third-order valence-corrected chi connectivity index (χ3v) is 4.02. The van der Waals surface area contributed by atoms with Crippen molar-refractivity contribution in [1.82, 2.24) is 10.6 Å². The van der Waals surface area contributed by atoms with Gasteiger partial charge in [-0.05, 0) is 50.6 Å². The molecule has 0 aliphatic rings. The number of anilines is 1. The van der Waals surface area contributed by atoms with Crippen LogP contribution < -0.4 is 25.4 Å². The molecule has 0 spiro atoms. The number of ether oxygens (including phenoxy) is 2. The van der Waals surface area contributed by atoms with Crippen LogP contribution in [0.1, 0.15) is 36.7 Å². The van der Waals surface area contributed by atoms with E-state index in [2.05, 4.69) is 20.9 Å². The number of rotatable bonds is 9. The maximum Gasteiger partial charge on any atom is 0.251 e. The summed E-state index contributed by atoms with van der Waals surface area (Å²) in [6.45, 7) is 8.17. The van der Waals surface area contributed by atoms with E-state index in [0.29, 0.717) is 42.7 Å². The average Bonchev–Trinajstić information content (AvgIpc) is 2.73. The van der Waals surface area contributed by atoms with Crippen molar-refractivity contribution in [1.29, 1.82) is 0 Å². The highest BCUT2D eigenvalue weighted by atomic mass is 127. The van der Waals surface area contributed by atoms with Crippen molar-refractivity contribution >= 4 is 41.5 Å². The molecule has 0 aliphatic heterocycles. The van der Waals surface area contributed by atoms with Crippen LogP contribution in [-0.4, -0.2) is 38.7 Å². The van der Waals surface area contributed by atoms with Crippen LogP contribution in [0.3, 0.4) is 0 Å². The average molecular weight is 526 g/mol. The van der Waals surface area contributed by atoms with Crippen molar-refractivity contribution in [3.05, 3.63) is 53.6 Å². The fourth-order valence-corrected chi connectivity index (χ4v) is 2.71. The van der Waals surface area contributed by atoms with Crippen molar-refractivity contribution in [2.75, 3.05) is 32.1 Å². The van der Waals surface area contributed by atoms with Gasteiger partial charge in [0.25, 0.3) is 5.91 Å². The number of halogens is 1. The van der Waals surface area contributed by atoms with Gasteiger partial charge in [0, 0.05) is 30.4 Å². The molecule has 164 valence electrons. The summed E-state index contributed by atoms with van der Waals surface area (Å²) in [6, 6.07) is 13.1. The van der Waals surface area contributed by atoms with Crippen molar-refractivity contribution in [2.45, 2.75) is 27.3 Å². The smallest absolute Gasteiger partial charge is 0.251 e. The molecule has 7 nitrogen and oxygen atoms in total. The highest BCUT2D eigenvalue weighted by Crippen LogP contribution is 2.30. The van der Waals surface area contributed by atoms with Gasteiger partial charge in [0.15, 0.2) is 17.5 Å². The van der Waals surface area contributed by atoms with Crippen molar-refractivity contribution < 1.29 is 14.3 Å². The molecule has 2 rings (SSSR count). The molecule has 0 radical (unpaired) electrons. The fourth-order valence-electron chi connectivity index (χ4n) is 2.71. The molecule has 0 unspecified atom stereocenters. The molecule has 0 aliphatic carbocycles. The molecular formula is C22H31IN4O3. The van der Waals surface area contributed by atoms with Crippen molar-refractivity contribution in [2.24, 2.45) is 4.99 Å². The number of hydrogen-bond donors (Lipinski definition) is 3. The summed E-state index contributed by atoms with van der Waals surface area (Å²) in [6.07, 6.45) is 0. The van der Waals surface area contributed by atoms with E-state index in [-0.39, 0.29) is 29.9 Å². The maximum absolute atomic E-state index is 12.0. The first-order valence-electron chi connectivity index (χ1n) is 9.84. The summed E-state index contributed by atoms with van der Waals surface area (Å²) in [4.78, 5) is 16.6. The number of carbonyl (C=O) groups excluding carboxylic acids is 1. The van der Waals surface area contributed by atoms with Crippen LogP contribution in [0.25, 0.3) is 0 Å². The van der Waals surface area contributed by atoms with Crippen LogP contribution in [0, 0.1) is 0 Å². The monoisotopic (exact) mass is 526 g/mol. The van der Waals surface area contributed by atoms with E-state index in [4.69, 9.17) is 9.47 Å². The molecular weight excluding hydrogens is 495 g/mol. The Kier molecular flexibility index (Phi) is 11.7. The minimum Gasteiger partial charge on any atom is -0.493 e. The topological polar surface area (TPSA) is 84.0 Å². The Bertz CT molecular complexity index is 843. The summed E-state index contributed by atoms with van der Waals surface area (Å²) in [7, 11) is 1.61. The van der Waals surface area contributed by atoms with Crippen LogP contribution in [0.4, 0.5) is 5.69 Å². The Hall–Kier alpha value is -2.49. The summed E-state index contributed by atoms with van der Waals surface area (Å²) in [5, 5.41) is 9.31. The predicted molar refractivity (Wildman–Crippen MR) is 132 cm³/mol. The summed E-state index contributed by atoms with van der Waals surface area (Å²) >= 11 is 0. The SMILES string of the molecule is CCNC(=O)c1cccc(CN=C(NCC)Nc2ccc(OCC)c(OC)c2)c1.I. The highest BCUT2D eigenvalue weighted by molar-refractivity contribution is 14.0. The number of hydrogen-bond acceptors (Lipinski definition) is 4. The Morgan fingerprint density at radius 2 is 1.77 bits per heavy atom. The number of aliphatic imine (C=N–C) groups is 1.